The lowest BCUT2D eigenvalue weighted by molar-refractivity contribution is 0.564. The predicted octanol–water partition coefficient (Wildman–Crippen LogP) is 4.32. The number of hydrogen-bond donors (Lipinski definition) is 2. The number of hydrogen-bond acceptors (Lipinski definition) is 2. The molecule has 2 aromatic rings. The maximum Gasteiger partial charge on any atom is 0.146 e. The van der Waals surface area contributed by atoms with Gasteiger partial charge < -0.3 is 10.6 Å². The first-order chi connectivity index (χ1) is 9.65. The van der Waals surface area contributed by atoms with Crippen LogP contribution in [-0.2, 0) is 0 Å². The second kappa shape index (κ2) is 5.12. The molecule has 3 rings (SSSR count). The van der Waals surface area contributed by atoms with E-state index < -0.39 is 0 Å². The second-order valence-electron chi connectivity index (χ2n) is 5.16. The van der Waals surface area contributed by atoms with E-state index in [0.29, 0.717) is 11.4 Å². The number of fused-ring (bicyclic) bond motifs is 1. The van der Waals surface area contributed by atoms with Gasteiger partial charge in [0.05, 0.1) is 17.4 Å². The fourth-order valence-corrected chi connectivity index (χ4v) is 2.67. The van der Waals surface area contributed by atoms with Gasteiger partial charge in [-0.25, -0.2) is 8.78 Å². The van der Waals surface area contributed by atoms with Gasteiger partial charge in [-0.15, -0.1) is 0 Å². The monoisotopic (exact) mass is 274 g/mol. The number of para-hydroxylation sites is 2. The Hall–Kier alpha value is -2.10. The van der Waals surface area contributed by atoms with Crippen LogP contribution >= 0.6 is 0 Å². The Kier molecular flexibility index (Phi) is 3.30. The van der Waals surface area contributed by atoms with Crippen molar-refractivity contribution in [2.45, 2.75) is 25.4 Å². The largest absolute Gasteiger partial charge is 0.380 e. The molecular formula is C16H16F2N2. The van der Waals surface area contributed by atoms with E-state index in [4.69, 9.17) is 0 Å². The lowest BCUT2D eigenvalue weighted by atomic mass is 9.93. The number of benzene rings is 2. The van der Waals surface area contributed by atoms with Crippen LogP contribution in [0.5, 0.6) is 0 Å². The van der Waals surface area contributed by atoms with Gasteiger partial charge in [0, 0.05) is 11.6 Å². The van der Waals surface area contributed by atoms with Crippen LogP contribution in [0.4, 0.5) is 20.2 Å². The smallest absolute Gasteiger partial charge is 0.146 e. The van der Waals surface area contributed by atoms with E-state index >= 15 is 0 Å². The zero-order valence-corrected chi connectivity index (χ0v) is 11.2. The summed E-state index contributed by atoms with van der Waals surface area (Å²) in [6.45, 7) is 1.99. The minimum atomic E-state index is -0.295. The zero-order chi connectivity index (χ0) is 14.1. The molecular weight excluding hydrogens is 258 g/mol. The summed E-state index contributed by atoms with van der Waals surface area (Å²) in [6.07, 6.45) is 0.769. The van der Waals surface area contributed by atoms with Gasteiger partial charge in [-0.1, -0.05) is 24.3 Å². The maximum atomic E-state index is 13.9. The number of anilines is 2. The maximum absolute atomic E-state index is 13.9. The molecule has 104 valence electrons. The zero-order valence-electron chi connectivity index (χ0n) is 11.2. The van der Waals surface area contributed by atoms with Crippen molar-refractivity contribution in [2.24, 2.45) is 0 Å². The van der Waals surface area contributed by atoms with Gasteiger partial charge in [-0.05, 0) is 31.5 Å². The molecule has 0 spiro atoms. The fraction of sp³-hybridized carbons (Fsp3) is 0.250. The average molecular weight is 274 g/mol. The molecule has 4 heteroatoms. The molecule has 0 radical (unpaired) electrons. The van der Waals surface area contributed by atoms with E-state index in [9.17, 15) is 8.78 Å². The molecule has 0 amide bonds. The Balaban J connectivity index is 1.96. The summed E-state index contributed by atoms with van der Waals surface area (Å²) in [4.78, 5) is 0. The molecule has 2 N–H and O–H groups in total. The minimum Gasteiger partial charge on any atom is -0.380 e. The van der Waals surface area contributed by atoms with Crippen molar-refractivity contribution in [3.05, 3.63) is 59.7 Å². The summed E-state index contributed by atoms with van der Waals surface area (Å²) >= 11 is 0. The van der Waals surface area contributed by atoms with Gasteiger partial charge >= 0.3 is 0 Å². The molecule has 0 unspecified atom stereocenters. The van der Waals surface area contributed by atoms with Gasteiger partial charge in [-0.2, -0.15) is 0 Å². The highest BCUT2D eigenvalue weighted by molar-refractivity contribution is 5.59. The third-order valence-electron chi connectivity index (χ3n) is 3.60. The molecule has 0 saturated carbocycles. The Morgan fingerprint density at radius 3 is 2.60 bits per heavy atom. The number of nitrogens with one attached hydrogen (secondary N) is 2. The van der Waals surface area contributed by atoms with Crippen LogP contribution in [0.15, 0.2) is 42.5 Å². The van der Waals surface area contributed by atoms with Gasteiger partial charge in [0.15, 0.2) is 0 Å². The molecule has 0 fully saturated rings. The van der Waals surface area contributed by atoms with E-state index in [1.807, 2.05) is 13.0 Å². The van der Waals surface area contributed by atoms with Gasteiger partial charge in [0.2, 0.25) is 0 Å². The second-order valence-corrected chi connectivity index (χ2v) is 5.16. The van der Waals surface area contributed by atoms with Crippen molar-refractivity contribution in [3.8, 4) is 0 Å². The van der Waals surface area contributed by atoms with Crippen LogP contribution in [0.1, 0.15) is 24.9 Å². The van der Waals surface area contributed by atoms with Crippen LogP contribution in [-0.4, -0.2) is 6.04 Å². The molecule has 0 aromatic heterocycles. The minimum absolute atomic E-state index is 0.103. The molecule has 0 saturated heterocycles. The number of rotatable bonds is 2. The third-order valence-corrected chi connectivity index (χ3v) is 3.60. The molecule has 20 heavy (non-hydrogen) atoms. The van der Waals surface area contributed by atoms with Crippen molar-refractivity contribution in [1.29, 1.82) is 0 Å². The molecule has 2 aromatic carbocycles. The van der Waals surface area contributed by atoms with Crippen molar-refractivity contribution < 1.29 is 8.78 Å². The predicted molar refractivity (Wildman–Crippen MR) is 76.9 cm³/mol. The van der Waals surface area contributed by atoms with Crippen LogP contribution in [0.2, 0.25) is 0 Å². The van der Waals surface area contributed by atoms with E-state index in [-0.39, 0.29) is 23.7 Å². The molecule has 0 aliphatic carbocycles. The van der Waals surface area contributed by atoms with Crippen molar-refractivity contribution in [3.63, 3.8) is 0 Å². The Morgan fingerprint density at radius 2 is 1.80 bits per heavy atom. The van der Waals surface area contributed by atoms with E-state index in [1.54, 1.807) is 24.3 Å². The first kappa shape index (κ1) is 12.9. The lowest BCUT2D eigenvalue weighted by Crippen LogP contribution is -2.29. The molecule has 0 bridgehead atoms. The Labute approximate surface area is 116 Å². The Morgan fingerprint density at radius 1 is 1.05 bits per heavy atom. The highest BCUT2D eigenvalue weighted by atomic mass is 19.1. The van der Waals surface area contributed by atoms with E-state index in [0.717, 1.165) is 12.0 Å². The molecule has 2 nitrogen and oxygen atoms in total. The lowest BCUT2D eigenvalue weighted by Gasteiger charge is -2.32. The third kappa shape index (κ3) is 2.33. The Bertz CT molecular complexity index is 628. The average Bonchev–Trinajstić information content (AvgIpc) is 2.42. The van der Waals surface area contributed by atoms with Crippen molar-refractivity contribution in [2.75, 3.05) is 10.6 Å². The van der Waals surface area contributed by atoms with Gasteiger partial charge in [0.1, 0.15) is 11.6 Å². The summed E-state index contributed by atoms with van der Waals surface area (Å²) < 4.78 is 27.6. The first-order valence-electron chi connectivity index (χ1n) is 6.71. The normalized spacial score (nSPS) is 20.9. The summed E-state index contributed by atoms with van der Waals surface area (Å²) in [6, 6.07) is 11.6. The molecule has 2 atom stereocenters. The van der Waals surface area contributed by atoms with Gasteiger partial charge in [0.25, 0.3) is 0 Å². The summed E-state index contributed by atoms with van der Waals surface area (Å²) in [5.41, 5.74) is 1.80. The summed E-state index contributed by atoms with van der Waals surface area (Å²) in [5, 5.41) is 6.33. The van der Waals surface area contributed by atoms with Crippen molar-refractivity contribution >= 4 is 11.4 Å². The SMILES string of the molecule is C[C@H]1C[C@@H](Nc2ccccc2F)c2cccc(F)c2N1. The summed E-state index contributed by atoms with van der Waals surface area (Å²) in [7, 11) is 0. The van der Waals surface area contributed by atoms with E-state index in [1.165, 1.54) is 12.1 Å². The molecule has 1 heterocycles. The van der Waals surface area contributed by atoms with Gasteiger partial charge in [-0.3, -0.25) is 0 Å². The summed E-state index contributed by atoms with van der Waals surface area (Å²) in [5.74, 6) is -0.564. The van der Waals surface area contributed by atoms with E-state index in [2.05, 4.69) is 10.6 Å². The van der Waals surface area contributed by atoms with Crippen LogP contribution < -0.4 is 10.6 Å². The van der Waals surface area contributed by atoms with Crippen molar-refractivity contribution in [1.82, 2.24) is 0 Å². The number of halogens is 2. The molecule has 1 aliphatic heterocycles. The fourth-order valence-electron chi connectivity index (χ4n) is 2.67. The molecule has 1 aliphatic rings. The highest BCUT2D eigenvalue weighted by Gasteiger charge is 2.26. The van der Waals surface area contributed by atoms with Crippen LogP contribution in [0.3, 0.4) is 0 Å². The standard InChI is InChI=1S/C16H16F2N2/c1-10-9-15(20-14-8-3-2-6-12(14)17)11-5-4-7-13(18)16(11)19-10/h2-8,10,15,19-20H,9H2,1H3/t10-,15+/m0/s1. The first-order valence-corrected chi connectivity index (χ1v) is 6.71. The quantitative estimate of drug-likeness (QED) is 0.852. The topological polar surface area (TPSA) is 24.1 Å². The van der Waals surface area contributed by atoms with Crippen LogP contribution in [0, 0.1) is 11.6 Å². The van der Waals surface area contributed by atoms with Crippen LogP contribution in [0.25, 0.3) is 0 Å². The highest BCUT2D eigenvalue weighted by Crippen LogP contribution is 2.36.